The lowest BCUT2D eigenvalue weighted by Crippen LogP contribution is -2.36. The summed E-state index contributed by atoms with van der Waals surface area (Å²) in [5, 5.41) is 11.7. The molecule has 0 spiro atoms. The topological polar surface area (TPSA) is 90.5 Å². The number of nitrogens with one attached hydrogen (secondary N) is 1. The molecule has 7 heteroatoms. The van der Waals surface area contributed by atoms with Crippen molar-refractivity contribution in [3.05, 3.63) is 65.7 Å². The molecule has 140 valence electrons. The largest absolute Gasteiger partial charge is 0.337 e. The number of imidazole rings is 1. The zero-order valence-electron chi connectivity index (χ0n) is 15.3. The normalized spacial score (nSPS) is 13.9. The van der Waals surface area contributed by atoms with Crippen LogP contribution in [-0.2, 0) is 0 Å². The maximum absolute atomic E-state index is 13.0. The second-order valence-corrected chi connectivity index (χ2v) is 6.74. The van der Waals surface area contributed by atoms with Crippen LogP contribution in [0.1, 0.15) is 45.9 Å². The van der Waals surface area contributed by atoms with Gasteiger partial charge in [0, 0.05) is 25.0 Å². The number of carbonyl (C=O) groups excluding carboxylic acids is 2. The molecule has 2 aromatic heterocycles. The number of piperidine rings is 1. The van der Waals surface area contributed by atoms with Crippen molar-refractivity contribution in [2.24, 2.45) is 0 Å². The van der Waals surface area contributed by atoms with E-state index in [1.165, 1.54) is 0 Å². The highest BCUT2D eigenvalue weighted by molar-refractivity contribution is 6.06. The van der Waals surface area contributed by atoms with E-state index >= 15 is 0 Å². The summed E-state index contributed by atoms with van der Waals surface area (Å²) in [4.78, 5) is 32.0. The molecule has 0 unspecified atom stereocenters. The summed E-state index contributed by atoms with van der Waals surface area (Å²) in [6, 6.07) is 14.0. The van der Waals surface area contributed by atoms with E-state index in [2.05, 4.69) is 10.3 Å². The summed E-state index contributed by atoms with van der Waals surface area (Å²) >= 11 is 0. The molecule has 0 bridgehead atoms. The van der Waals surface area contributed by atoms with Gasteiger partial charge in [-0.3, -0.25) is 14.0 Å². The molecule has 7 nitrogen and oxygen atoms in total. The van der Waals surface area contributed by atoms with E-state index in [1.54, 1.807) is 51.9 Å². The number of pyridine rings is 1. The van der Waals surface area contributed by atoms with Crippen molar-refractivity contribution in [1.82, 2.24) is 14.3 Å². The number of carbonyl (C=O) groups is 2. The first-order valence-corrected chi connectivity index (χ1v) is 9.25. The van der Waals surface area contributed by atoms with Gasteiger partial charge in [-0.2, -0.15) is 5.26 Å². The average molecular weight is 373 g/mol. The third-order valence-electron chi connectivity index (χ3n) is 4.87. The van der Waals surface area contributed by atoms with Gasteiger partial charge in [-0.15, -0.1) is 0 Å². The molecule has 3 heterocycles. The van der Waals surface area contributed by atoms with Crippen molar-refractivity contribution in [2.75, 3.05) is 18.4 Å². The third kappa shape index (κ3) is 3.32. The van der Waals surface area contributed by atoms with E-state index in [0.717, 1.165) is 32.4 Å². The van der Waals surface area contributed by atoms with Crippen molar-refractivity contribution in [3.63, 3.8) is 0 Å². The van der Waals surface area contributed by atoms with Crippen LogP contribution in [0.3, 0.4) is 0 Å². The smallest absolute Gasteiger partial charge is 0.292 e. The Hall–Kier alpha value is -3.66. The van der Waals surface area contributed by atoms with Crippen LogP contribution in [0.2, 0.25) is 0 Å². The standard InChI is InChI=1S/C21H19N5O2/c22-14-15-7-9-16(10-8-15)23-20(27)19-24-18(17-6-2-5-13-26(17)19)21(28)25-11-3-1-4-12-25/h2,5-10,13H,1,3-4,11-12H2,(H,23,27). The summed E-state index contributed by atoms with van der Waals surface area (Å²) < 4.78 is 1.64. The van der Waals surface area contributed by atoms with Gasteiger partial charge in [0.2, 0.25) is 5.82 Å². The number of rotatable bonds is 3. The summed E-state index contributed by atoms with van der Waals surface area (Å²) in [6.07, 6.45) is 4.84. The lowest BCUT2D eigenvalue weighted by Gasteiger charge is -2.25. The SMILES string of the molecule is N#Cc1ccc(NC(=O)c2nc(C(=O)N3CCCCC3)c3ccccn23)cc1. The minimum Gasteiger partial charge on any atom is -0.337 e. The van der Waals surface area contributed by atoms with Crippen LogP contribution in [0.5, 0.6) is 0 Å². The van der Waals surface area contributed by atoms with Crippen LogP contribution in [0, 0.1) is 11.3 Å². The Balaban J connectivity index is 1.66. The molecule has 2 amide bonds. The number of nitrogens with zero attached hydrogens (tertiary/aromatic N) is 4. The first-order valence-electron chi connectivity index (χ1n) is 9.25. The first-order chi connectivity index (χ1) is 13.7. The maximum atomic E-state index is 13.0. The Bertz CT molecular complexity index is 1070. The molecule has 1 aliphatic heterocycles. The molecule has 0 aliphatic carbocycles. The van der Waals surface area contributed by atoms with E-state index in [-0.39, 0.29) is 11.7 Å². The highest BCUT2D eigenvalue weighted by Crippen LogP contribution is 2.19. The summed E-state index contributed by atoms with van der Waals surface area (Å²) in [6.45, 7) is 1.44. The van der Waals surface area contributed by atoms with Gasteiger partial charge in [0.1, 0.15) is 0 Å². The van der Waals surface area contributed by atoms with Gasteiger partial charge in [-0.25, -0.2) is 4.98 Å². The van der Waals surface area contributed by atoms with Gasteiger partial charge in [-0.1, -0.05) is 6.07 Å². The molecule has 1 aliphatic rings. The van der Waals surface area contributed by atoms with Gasteiger partial charge in [0.25, 0.3) is 11.8 Å². The molecular weight excluding hydrogens is 354 g/mol. The van der Waals surface area contributed by atoms with Crippen molar-refractivity contribution in [2.45, 2.75) is 19.3 Å². The molecule has 1 saturated heterocycles. The fourth-order valence-electron chi connectivity index (χ4n) is 3.42. The minimum atomic E-state index is -0.413. The Labute approximate surface area is 162 Å². The second kappa shape index (κ2) is 7.53. The molecule has 3 aromatic rings. The predicted octanol–water partition coefficient (Wildman–Crippen LogP) is 3.08. The number of benzene rings is 1. The first kappa shape index (κ1) is 17.7. The molecule has 4 rings (SSSR count). The molecule has 0 saturated carbocycles. The molecule has 1 fully saturated rings. The van der Waals surface area contributed by atoms with Gasteiger partial charge >= 0.3 is 0 Å². The van der Waals surface area contributed by atoms with Crippen LogP contribution in [0.25, 0.3) is 5.52 Å². The lowest BCUT2D eigenvalue weighted by molar-refractivity contribution is 0.0721. The van der Waals surface area contributed by atoms with E-state index in [1.807, 2.05) is 12.1 Å². The van der Waals surface area contributed by atoms with E-state index in [0.29, 0.717) is 22.5 Å². The van der Waals surface area contributed by atoms with Gasteiger partial charge in [0.15, 0.2) is 5.69 Å². The van der Waals surface area contributed by atoms with Crippen LogP contribution in [0.4, 0.5) is 5.69 Å². The summed E-state index contributed by atoms with van der Waals surface area (Å²) in [7, 11) is 0. The molecule has 0 radical (unpaired) electrons. The van der Waals surface area contributed by atoms with Crippen LogP contribution in [0.15, 0.2) is 48.7 Å². The molecule has 1 N–H and O–H groups in total. The van der Waals surface area contributed by atoms with Gasteiger partial charge in [0.05, 0.1) is 17.1 Å². The van der Waals surface area contributed by atoms with E-state index in [9.17, 15) is 9.59 Å². The number of anilines is 1. The monoisotopic (exact) mass is 373 g/mol. The number of aromatic nitrogens is 2. The number of hydrogen-bond acceptors (Lipinski definition) is 4. The Morgan fingerprint density at radius 2 is 1.79 bits per heavy atom. The van der Waals surface area contributed by atoms with Crippen LogP contribution < -0.4 is 5.32 Å². The second-order valence-electron chi connectivity index (χ2n) is 6.74. The van der Waals surface area contributed by atoms with E-state index in [4.69, 9.17) is 5.26 Å². The predicted molar refractivity (Wildman–Crippen MR) is 104 cm³/mol. The molecular formula is C21H19N5O2. The fourth-order valence-corrected chi connectivity index (χ4v) is 3.42. The van der Waals surface area contributed by atoms with Gasteiger partial charge < -0.3 is 10.2 Å². The zero-order valence-corrected chi connectivity index (χ0v) is 15.3. The van der Waals surface area contributed by atoms with Gasteiger partial charge in [-0.05, 0) is 55.7 Å². The Morgan fingerprint density at radius 1 is 1.04 bits per heavy atom. The third-order valence-corrected chi connectivity index (χ3v) is 4.87. The highest BCUT2D eigenvalue weighted by atomic mass is 16.2. The molecule has 0 atom stereocenters. The summed E-state index contributed by atoms with van der Waals surface area (Å²) in [5.74, 6) is -0.398. The van der Waals surface area contributed by atoms with Crippen LogP contribution in [-0.4, -0.2) is 39.2 Å². The molecule has 28 heavy (non-hydrogen) atoms. The Kier molecular flexibility index (Phi) is 4.77. The van der Waals surface area contributed by atoms with Crippen molar-refractivity contribution in [1.29, 1.82) is 5.26 Å². The fraction of sp³-hybridized carbons (Fsp3) is 0.238. The van der Waals surface area contributed by atoms with E-state index < -0.39 is 5.91 Å². The Morgan fingerprint density at radius 3 is 2.50 bits per heavy atom. The average Bonchev–Trinajstić information content (AvgIpc) is 3.14. The molecule has 1 aromatic carbocycles. The number of hydrogen-bond donors (Lipinski definition) is 1. The van der Waals surface area contributed by atoms with Crippen LogP contribution >= 0.6 is 0 Å². The minimum absolute atomic E-state index is 0.138. The van der Waals surface area contributed by atoms with Crippen molar-refractivity contribution in [3.8, 4) is 6.07 Å². The summed E-state index contributed by atoms with van der Waals surface area (Å²) in [5.41, 5.74) is 1.98. The number of amides is 2. The quantitative estimate of drug-likeness (QED) is 0.764. The van der Waals surface area contributed by atoms with Crippen molar-refractivity contribution < 1.29 is 9.59 Å². The number of nitriles is 1. The maximum Gasteiger partial charge on any atom is 0.292 e. The lowest BCUT2D eigenvalue weighted by atomic mass is 10.1. The van der Waals surface area contributed by atoms with Crippen molar-refractivity contribution >= 4 is 23.0 Å². The highest BCUT2D eigenvalue weighted by Gasteiger charge is 2.26. The zero-order chi connectivity index (χ0) is 19.5. The number of likely N-dealkylation sites (tertiary alicyclic amines) is 1. The number of fused-ring (bicyclic) bond motifs is 1.